The third-order valence-corrected chi connectivity index (χ3v) is 8.72. The SMILES string of the molecule is CCCC[PH](C)(CCCC)CCCC.COS(=O)(=O)O.P. The van der Waals surface area contributed by atoms with E-state index in [4.69, 9.17) is 4.55 Å². The summed E-state index contributed by atoms with van der Waals surface area (Å²) in [7, 11) is -4.10. The third kappa shape index (κ3) is 20.7. The van der Waals surface area contributed by atoms with E-state index in [-0.39, 0.29) is 9.90 Å². The normalized spacial score (nSPS) is 12.1. The van der Waals surface area contributed by atoms with Crippen molar-refractivity contribution in [2.24, 2.45) is 0 Å². The minimum absolute atomic E-state index is 0. The Kier molecular flexibility index (Phi) is 19.8. The van der Waals surface area contributed by atoms with Gasteiger partial charge in [-0.25, -0.2) is 0 Å². The Morgan fingerprint density at radius 3 is 1.29 bits per heavy atom. The van der Waals surface area contributed by atoms with Gasteiger partial charge in [-0.1, -0.05) is 0 Å². The molecule has 0 aromatic heterocycles. The molecule has 0 saturated carbocycles. The predicted molar refractivity (Wildman–Crippen MR) is 103 cm³/mol. The van der Waals surface area contributed by atoms with Crippen LogP contribution in [0, 0.1) is 0 Å². The fraction of sp³-hybridized carbons (Fsp3) is 1.00. The van der Waals surface area contributed by atoms with E-state index in [0.717, 1.165) is 7.11 Å². The van der Waals surface area contributed by atoms with Crippen molar-refractivity contribution in [2.75, 3.05) is 32.3 Å². The standard InChI is InChI=1S/C13H31P.CH4O4S.H3P/c1-5-8-11-14(4,12-9-6-2)13-10-7-3;1-5-6(2,3)4;/h14H,5-13H2,1-4H3;1H3,(H,2,3,4);1H3. The molecule has 0 heterocycles. The first-order valence-electron chi connectivity index (χ1n) is 7.77. The van der Waals surface area contributed by atoms with Crippen LogP contribution in [0.1, 0.15) is 59.3 Å². The van der Waals surface area contributed by atoms with E-state index < -0.39 is 17.7 Å². The maximum absolute atomic E-state index is 9.33. The molecule has 0 rings (SSSR count). The summed E-state index contributed by atoms with van der Waals surface area (Å²) in [5.74, 6) is 0. The Morgan fingerprint density at radius 2 is 1.14 bits per heavy atom. The largest absolute Gasteiger partial charge is 0.397 e. The van der Waals surface area contributed by atoms with Crippen LogP contribution in [0.25, 0.3) is 0 Å². The first-order valence-corrected chi connectivity index (χ1v) is 12.3. The Hall–Kier alpha value is 0.730. The topological polar surface area (TPSA) is 63.6 Å². The van der Waals surface area contributed by atoms with Gasteiger partial charge in [0.15, 0.2) is 0 Å². The molecule has 0 radical (unpaired) electrons. The summed E-state index contributed by atoms with van der Waals surface area (Å²) in [5, 5.41) is 0. The van der Waals surface area contributed by atoms with Gasteiger partial charge >= 0.3 is 102 Å². The van der Waals surface area contributed by atoms with Crippen LogP contribution in [-0.2, 0) is 14.6 Å². The van der Waals surface area contributed by atoms with Crippen LogP contribution < -0.4 is 0 Å². The summed E-state index contributed by atoms with van der Waals surface area (Å²) in [4.78, 5) is 0. The van der Waals surface area contributed by atoms with Gasteiger partial charge in [0.2, 0.25) is 0 Å². The van der Waals surface area contributed by atoms with E-state index in [0.29, 0.717) is 0 Å². The van der Waals surface area contributed by atoms with Gasteiger partial charge < -0.3 is 0 Å². The van der Waals surface area contributed by atoms with E-state index in [9.17, 15) is 8.42 Å². The van der Waals surface area contributed by atoms with Gasteiger partial charge in [0, 0.05) is 0 Å². The second-order valence-electron chi connectivity index (χ2n) is 5.72. The smallest absolute Gasteiger partial charge is 0.264 e. The first-order chi connectivity index (χ1) is 9.24. The van der Waals surface area contributed by atoms with Gasteiger partial charge in [-0.3, -0.25) is 8.74 Å². The van der Waals surface area contributed by atoms with Crippen LogP contribution >= 0.6 is 17.2 Å². The number of hydrogen-bond donors (Lipinski definition) is 1. The maximum Gasteiger partial charge on any atom is 0.397 e. The molecule has 21 heavy (non-hydrogen) atoms. The maximum atomic E-state index is 9.33. The molecule has 134 valence electrons. The molecule has 0 aliphatic rings. The van der Waals surface area contributed by atoms with Gasteiger partial charge in [0.05, 0.1) is 7.11 Å². The summed E-state index contributed by atoms with van der Waals surface area (Å²) in [5.41, 5.74) is 0. The second kappa shape index (κ2) is 15.6. The molecule has 0 saturated heterocycles. The first kappa shape index (κ1) is 26.6. The molecule has 0 fully saturated rings. The fourth-order valence-corrected chi connectivity index (χ4v) is 6.56. The molecule has 0 bridgehead atoms. The quantitative estimate of drug-likeness (QED) is 0.465. The van der Waals surface area contributed by atoms with Crippen molar-refractivity contribution in [3.63, 3.8) is 0 Å². The molecule has 1 atom stereocenters. The van der Waals surface area contributed by atoms with Crippen molar-refractivity contribution >= 4 is 27.6 Å². The third-order valence-electron chi connectivity index (χ3n) is 3.61. The van der Waals surface area contributed by atoms with Crippen LogP contribution in [0.15, 0.2) is 0 Å². The second-order valence-corrected chi connectivity index (χ2v) is 12.0. The van der Waals surface area contributed by atoms with Gasteiger partial charge in [0.1, 0.15) is 0 Å². The molecule has 0 aliphatic carbocycles. The fourth-order valence-electron chi connectivity index (χ4n) is 2.19. The van der Waals surface area contributed by atoms with Crippen LogP contribution in [0.5, 0.6) is 0 Å². The summed E-state index contributed by atoms with van der Waals surface area (Å²) in [6.45, 7) is 9.63. The van der Waals surface area contributed by atoms with Crippen molar-refractivity contribution in [1.82, 2.24) is 0 Å². The Bertz CT molecular complexity index is 286. The molecule has 0 amide bonds. The average Bonchev–Trinajstić information content (AvgIpc) is 2.41. The van der Waals surface area contributed by atoms with Crippen LogP contribution in [-0.4, -0.2) is 45.2 Å². The zero-order chi connectivity index (χ0) is 16.1. The number of hydrogen-bond acceptors (Lipinski definition) is 3. The van der Waals surface area contributed by atoms with E-state index in [1.165, 1.54) is 38.5 Å². The average molecular weight is 364 g/mol. The van der Waals surface area contributed by atoms with Crippen LogP contribution in [0.4, 0.5) is 0 Å². The minimum Gasteiger partial charge on any atom is -0.264 e. The van der Waals surface area contributed by atoms with Crippen molar-refractivity contribution in [3.05, 3.63) is 0 Å². The molecule has 1 unspecified atom stereocenters. The van der Waals surface area contributed by atoms with Gasteiger partial charge in [-0.05, 0) is 0 Å². The molecule has 0 aromatic carbocycles. The Balaban J connectivity index is -0.000000394. The van der Waals surface area contributed by atoms with E-state index in [1.807, 2.05) is 0 Å². The zero-order valence-corrected chi connectivity index (χ0v) is 17.9. The van der Waals surface area contributed by atoms with Crippen molar-refractivity contribution in [3.8, 4) is 0 Å². The summed E-state index contributed by atoms with van der Waals surface area (Å²) < 4.78 is 29.7. The van der Waals surface area contributed by atoms with Gasteiger partial charge in [-0.2, -0.15) is 18.3 Å². The molecule has 1 N–H and O–H groups in total. The molecular weight excluding hydrogens is 326 g/mol. The van der Waals surface area contributed by atoms with E-state index in [1.54, 1.807) is 18.5 Å². The molecule has 0 aliphatic heterocycles. The Morgan fingerprint density at radius 1 is 0.905 bits per heavy atom. The molecule has 4 nitrogen and oxygen atoms in total. The molecule has 7 heteroatoms. The van der Waals surface area contributed by atoms with E-state index in [2.05, 4.69) is 31.6 Å². The van der Waals surface area contributed by atoms with Crippen LogP contribution in [0.2, 0.25) is 0 Å². The van der Waals surface area contributed by atoms with Crippen molar-refractivity contribution < 1.29 is 17.2 Å². The molecule has 0 aromatic rings. The monoisotopic (exact) mass is 364 g/mol. The predicted octanol–water partition coefficient (Wildman–Crippen LogP) is 4.26. The van der Waals surface area contributed by atoms with E-state index >= 15 is 0 Å². The molecule has 0 spiro atoms. The summed E-state index contributed by atoms with van der Waals surface area (Å²) in [6, 6.07) is 0. The Labute approximate surface area is 136 Å². The zero-order valence-electron chi connectivity index (χ0n) is 14.7. The van der Waals surface area contributed by atoms with Gasteiger partial charge in [0.25, 0.3) is 0 Å². The van der Waals surface area contributed by atoms with Crippen molar-refractivity contribution in [2.45, 2.75) is 59.3 Å². The summed E-state index contributed by atoms with van der Waals surface area (Å²) >= 11 is 0. The van der Waals surface area contributed by atoms with Gasteiger partial charge in [-0.15, -0.1) is 0 Å². The van der Waals surface area contributed by atoms with Crippen molar-refractivity contribution in [1.29, 1.82) is 0 Å². The number of rotatable bonds is 10. The minimum atomic E-state index is -4.16. The van der Waals surface area contributed by atoms with Crippen LogP contribution in [0.3, 0.4) is 0 Å². The summed E-state index contributed by atoms with van der Waals surface area (Å²) in [6.07, 6.45) is 13.4. The number of unbranched alkanes of at least 4 members (excludes halogenated alkanes) is 3. The molecular formula is C14H38O4P2S.